The lowest BCUT2D eigenvalue weighted by atomic mass is 10.1. The molecule has 1 aliphatic heterocycles. The van der Waals surface area contributed by atoms with Crippen molar-refractivity contribution in [2.75, 3.05) is 18.0 Å². The van der Waals surface area contributed by atoms with Crippen LogP contribution in [-0.4, -0.2) is 23.1 Å². The summed E-state index contributed by atoms with van der Waals surface area (Å²) in [5.74, 6) is 1.28. The normalized spacial score (nSPS) is 14.7. The van der Waals surface area contributed by atoms with Gasteiger partial charge in [-0.3, -0.25) is 0 Å². The highest BCUT2D eigenvalue weighted by atomic mass is 19.1. The Balaban J connectivity index is 1.93. The van der Waals surface area contributed by atoms with Crippen molar-refractivity contribution in [3.63, 3.8) is 0 Å². The molecular weight excluding hydrogens is 277 g/mol. The zero-order valence-corrected chi connectivity index (χ0v) is 12.2. The van der Waals surface area contributed by atoms with Crippen molar-refractivity contribution in [3.8, 4) is 11.4 Å². The Morgan fingerprint density at radius 1 is 0.909 bits per heavy atom. The lowest BCUT2D eigenvalue weighted by Gasteiger charge is -2.19. The second kappa shape index (κ2) is 5.37. The highest BCUT2D eigenvalue weighted by Gasteiger charge is 2.18. The van der Waals surface area contributed by atoms with Gasteiger partial charge in [-0.1, -0.05) is 24.3 Å². The lowest BCUT2D eigenvalue weighted by molar-refractivity contribution is 0.628. The smallest absolute Gasteiger partial charge is 0.162 e. The summed E-state index contributed by atoms with van der Waals surface area (Å²) >= 11 is 0. The van der Waals surface area contributed by atoms with Crippen molar-refractivity contribution in [2.45, 2.75) is 12.8 Å². The van der Waals surface area contributed by atoms with Crippen molar-refractivity contribution in [3.05, 3.63) is 54.3 Å². The first-order valence-electron chi connectivity index (χ1n) is 7.59. The van der Waals surface area contributed by atoms with Gasteiger partial charge < -0.3 is 4.90 Å². The SMILES string of the molecule is Fc1cccc(-c2nc(N3CCCC3)c3ccccc3n2)c1. The van der Waals surface area contributed by atoms with Crippen LogP contribution in [0.4, 0.5) is 10.2 Å². The average Bonchev–Trinajstić information content (AvgIpc) is 3.08. The number of rotatable bonds is 2. The fraction of sp³-hybridized carbons (Fsp3) is 0.222. The molecule has 0 atom stereocenters. The van der Waals surface area contributed by atoms with E-state index >= 15 is 0 Å². The first-order chi connectivity index (χ1) is 10.8. The maximum absolute atomic E-state index is 13.5. The van der Waals surface area contributed by atoms with Crippen molar-refractivity contribution < 1.29 is 4.39 Å². The Bertz CT molecular complexity index is 825. The molecule has 0 bridgehead atoms. The summed E-state index contributed by atoms with van der Waals surface area (Å²) in [5, 5.41) is 1.06. The van der Waals surface area contributed by atoms with Gasteiger partial charge in [0.15, 0.2) is 5.82 Å². The molecule has 0 N–H and O–H groups in total. The predicted molar refractivity (Wildman–Crippen MR) is 86.4 cm³/mol. The highest BCUT2D eigenvalue weighted by Crippen LogP contribution is 2.29. The van der Waals surface area contributed by atoms with Gasteiger partial charge in [-0.15, -0.1) is 0 Å². The van der Waals surface area contributed by atoms with Gasteiger partial charge in [-0.2, -0.15) is 0 Å². The summed E-state index contributed by atoms with van der Waals surface area (Å²) in [6, 6.07) is 14.5. The van der Waals surface area contributed by atoms with E-state index in [9.17, 15) is 4.39 Å². The van der Waals surface area contributed by atoms with Gasteiger partial charge in [-0.05, 0) is 37.1 Å². The summed E-state index contributed by atoms with van der Waals surface area (Å²) in [6.07, 6.45) is 2.38. The van der Waals surface area contributed by atoms with Crippen LogP contribution in [-0.2, 0) is 0 Å². The van der Waals surface area contributed by atoms with E-state index < -0.39 is 0 Å². The Morgan fingerprint density at radius 2 is 1.73 bits per heavy atom. The summed E-state index contributed by atoms with van der Waals surface area (Å²) in [5.41, 5.74) is 1.62. The van der Waals surface area contributed by atoms with Gasteiger partial charge in [0.05, 0.1) is 5.52 Å². The van der Waals surface area contributed by atoms with Gasteiger partial charge in [0.1, 0.15) is 11.6 Å². The van der Waals surface area contributed by atoms with Gasteiger partial charge in [0, 0.05) is 24.0 Å². The number of hydrogen-bond donors (Lipinski definition) is 0. The Kier molecular flexibility index (Phi) is 3.22. The molecule has 0 radical (unpaired) electrons. The molecule has 0 spiro atoms. The third-order valence-electron chi connectivity index (χ3n) is 4.07. The van der Waals surface area contributed by atoms with E-state index in [0.717, 1.165) is 29.8 Å². The summed E-state index contributed by atoms with van der Waals surface area (Å²) in [6.45, 7) is 2.03. The Labute approximate surface area is 128 Å². The molecule has 1 aliphatic rings. The van der Waals surface area contributed by atoms with Crippen LogP contribution in [0, 0.1) is 5.82 Å². The van der Waals surface area contributed by atoms with Gasteiger partial charge in [-0.25, -0.2) is 14.4 Å². The molecule has 2 heterocycles. The maximum Gasteiger partial charge on any atom is 0.162 e. The fourth-order valence-electron chi connectivity index (χ4n) is 2.99. The van der Waals surface area contributed by atoms with Crippen LogP contribution in [0.25, 0.3) is 22.3 Å². The van der Waals surface area contributed by atoms with Crippen molar-refractivity contribution in [1.29, 1.82) is 0 Å². The first-order valence-corrected chi connectivity index (χ1v) is 7.59. The lowest BCUT2D eigenvalue weighted by Crippen LogP contribution is -2.19. The molecule has 0 saturated carbocycles. The molecule has 1 fully saturated rings. The second-order valence-electron chi connectivity index (χ2n) is 5.59. The van der Waals surface area contributed by atoms with Crippen molar-refractivity contribution in [1.82, 2.24) is 9.97 Å². The number of halogens is 1. The number of para-hydroxylation sites is 1. The molecule has 0 unspecified atom stereocenters. The molecular formula is C18H16FN3. The quantitative estimate of drug-likeness (QED) is 0.714. The van der Waals surface area contributed by atoms with Crippen molar-refractivity contribution in [2.24, 2.45) is 0 Å². The number of nitrogens with zero attached hydrogens (tertiary/aromatic N) is 3. The van der Waals surface area contributed by atoms with E-state index in [1.165, 1.54) is 25.0 Å². The first kappa shape index (κ1) is 13.2. The Morgan fingerprint density at radius 3 is 2.55 bits per heavy atom. The molecule has 3 aromatic rings. The monoisotopic (exact) mass is 293 g/mol. The van der Waals surface area contributed by atoms with E-state index in [1.54, 1.807) is 6.07 Å². The average molecular weight is 293 g/mol. The largest absolute Gasteiger partial charge is 0.356 e. The second-order valence-corrected chi connectivity index (χ2v) is 5.59. The molecule has 2 aromatic carbocycles. The van der Waals surface area contributed by atoms with Gasteiger partial charge in [0.2, 0.25) is 0 Å². The van der Waals surface area contributed by atoms with E-state index in [-0.39, 0.29) is 5.82 Å². The van der Waals surface area contributed by atoms with Crippen LogP contribution in [0.15, 0.2) is 48.5 Å². The summed E-state index contributed by atoms with van der Waals surface area (Å²) in [7, 11) is 0. The zero-order chi connectivity index (χ0) is 14.9. The number of anilines is 1. The minimum absolute atomic E-state index is 0.267. The van der Waals surface area contributed by atoms with Crippen molar-refractivity contribution >= 4 is 16.7 Å². The molecule has 1 aromatic heterocycles. The molecule has 0 amide bonds. The van der Waals surface area contributed by atoms with E-state index in [4.69, 9.17) is 4.98 Å². The molecule has 110 valence electrons. The minimum atomic E-state index is -0.267. The summed E-state index contributed by atoms with van der Waals surface area (Å²) in [4.78, 5) is 11.7. The van der Waals surface area contributed by atoms with E-state index in [1.807, 2.05) is 24.3 Å². The standard InChI is InChI=1S/C18H16FN3/c19-14-7-5-6-13(12-14)17-20-16-9-2-1-8-15(16)18(21-17)22-10-3-4-11-22/h1-2,5-9,12H,3-4,10-11H2. The van der Waals surface area contributed by atoms with Crippen LogP contribution in [0.5, 0.6) is 0 Å². The topological polar surface area (TPSA) is 29.0 Å². The van der Waals surface area contributed by atoms with E-state index in [2.05, 4.69) is 16.0 Å². The number of fused-ring (bicyclic) bond motifs is 1. The minimum Gasteiger partial charge on any atom is -0.356 e. The molecule has 0 aliphatic carbocycles. The fourth-order valence-corrected chi connectivity index (χ4v) is 2.99. The molecule has 22 heavy (non-hydrogen) atoms. The zero-order valence-electron chi connectivity index (χ0n) is 12.2. The van der Waals surface area contributed by atoms with Crippen LogP contribution in [0.1, 0.15) is 12.8 Å². The molecule has 4 rings (SSSR count). The van der Waals surface area contributed by atoms with Crippen LogP contribution in [0.2, 0.25) is 0 Å². The third-order valence-corrected chi connectivity index (χ3v) is 4.07. The number of benzene rings is 2. The summed E-state index contributed by atoms with van der Waals surface area (Å²) < 4.78 is 13.5. The molecule has 1 saturated heterocycles. The molecule has 4 heteroatoms. The number of aromatic nitrogens is 2. The predicted octanol–water partition coefficient (Wildman–Crippen LogP) is 4.04. The third kappa shape index (κ3) is 2.30. The van der Waals surface area contributed by atoms with Gasteiger partial charge >= 0.3 is 0 Å². The highest BCUT2D eigenvalue weighted by molar-refractivity contribution is 5.91. The van der Waals surface area contributed by atoms with Crippen LogP contribution < -0.4 is 4.90 Å². The van der Waals surface area contributed by atoms with Crippen LogP contribution in [0.3, 0.4) is 0 Å². The molecule has 3 nitrogen and oxygen atoms in total. The number of hydrogen-bond acceptors (Lipinski definition) is 3. The maximum atomic E-state index is 13.5. The van der Waals surface area contributed by atoms with E-state index in [0.29, 0.717) is 11.4 Å². The van der Waals surface area contributed by atoms with Gasteiger partial charge in [0.25, 0.3) is 0 Å². The Hall–Kier alpha value is -2.49. The van der Waals surface area contributed by atoms with Crippen LogP contribution >= 0.6 is 0 Å².